The van der Waals surface area contributed by atoms with E-state index in [4.69, 9.17) is 4.74 Å². The van der Waals surface area contributed by atoms with Crippen LogP contribution in [0.15, 0.2) is 0 Å². The molecule has 1 saturated carbocycles. The van der Waals surface area contributed by atoms with E-state index in [9.17, 15) is 13.2 Å². The number of nitrogens with one attached hydrogen (secondary N) is 1. The number of carbonyl (C=O) groups excluding carboxylic acids is 1. The molecule has 6 heteroatoms. The molecule has 106 valence electrons. The van der Waals surface area contributed by atoms with E-state index in [2.05, 4.69) is 4.72 Å². The van der Waals surface area contributed by atoms with Gasteiger partial charge < -0.3 is 4.74 Å². The summed E-state index contributed by atoms with van der Waals surface area (Å²) in [5.74, 6) is 0.317. The minimum Gasteiger partial charge on any atom is -0.466 e. The van der Waals surface area contributed by atoms with Crippen LogP contribution in [0.5, 0.6) is 0 Å². The van der Waals surface area contributed by atoms with Gasteiger partial charge >= 0.3 is 5.97 Å². The number of hydrogen-bond acceptors (Lipinski definition) is 4. The molecule has 0 heterocycles. The van der Waals surface area contributed by atoms with Crippen LogP contribution in [0.2, 0.25) is 0 Å². The molecule has 18 heavy (non-hydrogen) atoms. The van der Waals surface area contributed by atoms with Gasteiger partial charge in [0.05, 0.1) is 12.4 Å². The molecule has 0 saturated heterocycles. The Morgan fingerprint density at radius 2 is 1.83 bits per heavy atom. The zero-order chi connectivity index (χ0) is 13.6. The number of hydrogen-bond donors (Lipinski definition) is 1. The Labute approximate surface area is 109 Å². The van der Waals surface area contributed by atoms with Gasteiger partial charge in [0.1, 0.15) is 0 Å². The van der Waals surface area contributed by atoms with E-state index in [1.54, 1.807) is 13.8 Å². The predicted molar refractivity (Wildman–Crippen MR) is 69.6 cm³/mol. The SMILES string of the molecule is CCOC(=O)CC1CCC(NS(=O)(=O)CC)CC1. The van der Waals surface area contributed by atoms with Gasteiger partial charge in [0.25, 0.3) is 0 Å². The second-order valence-electron chi connectivity index (χ2n) is 4.75. The van der Waals surface area contributed by atoms with E-state index >= 15 is 0 Å². The fourth-order valence-corrected chi connectivity index (χ4v) is 3.19. The molecular formula is C12H23NO4S. The average Bonchev–Trinajstić information content (AvgIpc) is 2.32. The van der Waals surface area contributed by atoms with Crippen molar-refractivity contribution in [1.82, 2.24) is 4.72 Å². The van der Waals surface area contributed by atoms with Crippen molar-refractivity contribution in [2.45, 2.75) is 52.0 Å². The molecule has 1 N–H and O–H groups in total. The van der Waals surface area contributed by atoms with Crippen molar-refractivity contribution in [2.24, 2.45) is 5.92 Å². The Morgan fingerprint density at radius 1 is 1.22 bits per heavy atom. The first-order valence-corrected chi connectivity index (χ1v) is 8.27. The van der Waals surface area contributed by atoms with Crippen LogP contribution in [-0.2, 0) is 19.6 Å². The van der Waals surface area contributed by atoms with Gasteiger partial charge in [-0.1, -0.05) is 0 Å². The maximum Gasteiger partial charge on any atom is 0.306 e. The monoisotopic (exact) mass is 277 g/mol. The predicted octanol–water partition coefficient (Wildman–Crippen LogP) is 1.44. The number of sulfonamides is 1. The van der Waals surface area contributed by atoms with Crippen LogP contribution in [0.25, 0.3) is 0 Å². The van der Waals surface area contributed by atoms with Crippen LogP contribution in [0.3, 0.4) is 0 Å². The summed E-state index contributed by atoms with van der Waals surface area (Å²) in [5.41, 5.74) is 0. The Morgan fingerprint density at radius 3 is 2.33 bits per heavy atom. The van der Waals surface area contributed by atoms with Crippen molar-refractivity contribution in [1.29, 1.82) is 0 Å². The highest BCUT2D eigenvalue weighted by atomic mass is 32.2. The van der Waals surface area contributed by atoms with Crippen molar-refractivity contribution in [3.63, 3.8) is 0 Å². The first-order valence-electron chi connectivity index (χ1n) is 6.62. The summed E-state index contributed by atoms with van der Waals surface area (Å²) in [6.07, 6.45) is 3.85. The van der Waals surface area contributed by atoms with E-state index in [0.717, 1.165) is 25.7 Å². The van der Waals surface area contributed by atoms with E-state index in [1.165, 1.54) is 0 Å². The topological polar surface area (TPSA) is 72.5 Å². The quantitative estimate of drug-likeness (QED) is 0.746. The number of esters is 1. The lowest BCUT2D eigenvalue weighted by Crippen LogP contribution is -2.38. The molecule has 0 atom stereocenters. The molecule has 0 aliphatic heterocycles. The Bertz CT molecular complexity index is 358. The minimum atomic E-state index is -3.11. The fourth-order valence-electron chi connectivity index (χ4n) is 2.28. The molecule has 1 aliphatic carbocycles. The zero-order valence-corrected chi connectivity index (χ0v) is 12.0. The smallest absolute Gasteiger partial charge is 0.306 e. The van der Waals surface area contributed by atoms with Gasteiger partial charge in [-0.25, -0.2) is 13.1 Å². The lowest BCUT2D eigenvalue weighted by atomic mass is 9.84. The van der Waals surface area contributed by atoms with Gasteiger partial charge in [-0.2, -0.15) is 0 Å². The number of rotatable bonds is 6. The number of carbonyl (C=O) groups is 1. The molecule has 0 amide bonds. The molecule has 0 radical (unpaired) electrons. The summed E-state index contributed by atoms with van der Waals surface area (Å²) in [6, 6.07) is 0.0356. The Balaban J connectivity index is 2.31. The van der Waals surface area contributed by atoms with Gasteiger partial charge in [0, 0.05) is 12.5 Å². The summed E-state index contributed by atoms with van der Waals surface area (Å²) in [7, 11) is -3.11. The van der Waals surface area contributed by atoms with Crippen LogP contribution in [0.4, 0.5) is 0 Å². The molecule has 1 rings (SSSR count). The normalized spacial score (nSPS) is 24.8. The van der Waals surface area contributed by atoms with Crippen LogP contribution < -0.4 is 4.72 Å². The van der Waals surface area contributed by atoms with Gasteiger partial charge in [0.2, 0.25) is 10.0 Å². The first kappa shape index (κ1) is 15.4. The highest BCUT2D eigenvalue weighted by Crippen LogP contribution is 2.27. The second kappa shape index (κ2) is 7.09. The van der Waals surface area contributed by atoms with Crippen molar-refractivity contribution >= 4 is 16.0 Å². The van der Waals surface area contributed by atoms with Gasteiger partial charge in [-0.15, -0.1) is 0 Å². The second-order valence-corrected chi connectivity index (χ2v) is 6.79. The molecule has 1 aliphatic rings. The van der Waals surface area contributed by atoms with Crippen molar-refractivity contribution < 1.29 is 17.9 Å². The molecule has 5 nitrogen and oxygen atoms in total. The average molecular weight is 277 g/mol. The van der Waals surface area contributed by atoms with Crippen molar-refractivity contribution in [3.05, 3.63) is 0 Å². The highest BCUT2D eigenvalue weighted by Gasteiger charge is 2.25. The highest BCUT2D eigenvalue weighted by molar-refractivity contribution is 7.89. The Hall–Kier alpha value is -0.620. The van der Waals surface area contributed by atoms with Gasteiger partial charge in [-0.05, 0) is 45.4 Å². The maximum absolute atomic E-state index is 11.4. The van der Waals surface area contributed by atoms with E-state index in [0.29, 0.717) is 18.9 Å². The Kier molecular flexibility index (Phi) is 6.08. The zero-order valence-electron chi connectivity index (χ0n) is 11.1. The molecule has 0 spiro atoms. The van der Waals surface area contributed by atoms with Crippen LogP contribution in [0, 0.1) is 5.92 Å². The van der Waals surface area contributed by atoms with Crippen molar-refractivity contribution in [2.75, 3.05) is 12.4 Å². The molecular weight excluding hydrogens is 254 g/mol. The third-order valence-electron chi connectivity index (χ3n) is 3.33. The summed E-state index contributed by atoms with van der Waals surface area (Å²) >= 11 is 0. The lowest BCUT2D eigenvalue weighted by molar-refractivity contribution is -0.144. The first-order chi connectivity index (χ1) is 8.46. The van der Waals surface area contributed by atoms with E-state index in [-0.39, 0.29) is 17.8 Å². The maximum atomic E-state index is 11.4. The van der Waals surface area contributed by atoms with Crippen LogP contribution in [-0.4, -0.2) is 32.8 Å². The standard InChI is InChI=1S/C12H23NO4S/c1-3-17-12(14)9-10-5-7-11(8-6-10)13-18(15,16)4-2/h10-11,13H,3-9H2,1-2H3. The van der Waals surface area contributed by atoms with Crippen LogP contribution >= 0.6 is 0 Å². The van der Waals surface area contributed by atoms with E-state index in [1.807, 2.05) is 0 Å². The summed E-state index contributed by atoms with van der Waals surface area (Å²) in [4.78, 5) is 11.3. The summed E-state index contributed by atoms with van der Waals surface area (Å²) < 4.78 is 30.5. The van der Waals surface area contributed by atoms with Crippen molar-refractivity contribution in [3.8, 4) is 0 Å². The third-order valence-corrected chi connectivity index (χ3v) is 4.79. The number of ether oxygens (including phenoxy) is 1. The molecule has 0 aromatic rings. The molecule has 1 fully saturated rings. The van der Waals surface area contributed by atoms with Gasteiger partial charge in [0.15, 0.2) is 0 Å². The third kappa shape index (κ3) is 5.35. The van der Waals surface area contributed by atoms with Crippen LogP contribution in [0.1, 0.15) is 46.0 Å². The molecule has 0 unspecified atom stereocenters. The summed E-state index contributed by atoms with van der Waals surface area (Å²) in [5, 5.41) is 0. The molecule has 0 bridgehead atoms. The largest absolute Gasteiger partial charge is 0.466 e. The lowest BCUT2D eigenvalue weighted by Gasteiger charge is -2.28. The minimum absolute atomic E-state index is 0.0356. The van der Waals surface area contributed by atoms with Gasteiger partial charge in [-0.3, -0.25) is 4.79 Å². The fraction of sp³-hybridized carbons (Fsp3) is 0.917. The van der Waals surface area contributed by atoms with E-state index < -0.39 is 10.0 Å². The summed E-state index contributed by atoms with van der Waals surface area (Å²) in [6.45, 7) is 3.85. The molecule has 0 aromatic carbocycles. The molecule has 0 aromatic heterocycles.